The molecule has 0 bridgehead atoms. The number of halogens is 1. The lowest BCUT2D eigenvalue weighted by atomic mass is 9.93. The summed E-state index contributed by atoms with van der Waals surface area (Å²) < 4.78 is 19.1. The van der Waals surface area contributed by atoms with E-state index in [9.17, 15) is 4.39 Å². The Morgan fingerprint density at radius 1 is 1.56 bits per heavy atom. The molecule has 4 heteroatoms. The van der Waals surface area contributed by atoms with E-state index in [4.69, 9.17) is 4.74 Å². The molecule has 2 heterocycles. The molecule has 1 aromatic rings. The van der Waals surface area contributed by atoms with Gasteiger partial charge < -0.3 is 10.1 Å². The van der Waals surface area contributed by atoms with Crippen molar-refractivity contribution in [3.05, 3.63) is 29.8 Å². The SMILES string of the molecule is CCCNC(c1cncc(F)c1)C1OCCC1C. The lowest BCUT2D eigenvalue weighted by Gasteiger charge is -2.27. The van der Waals surface area contributed by atoms with Crippen LogP contribution in [0.1, 0.15) is 38.3 Å². The number of hydrogen-bond acceptors (Lipinski definition) is 3. The van der Waals surface area contributed by atoms with Gasteiger partial charge in [-0.25, -0.2) is 4.39 Å². The van der Waals surface area contributed by atoms with Crippen LogP contribution in [0.2, 0.25) is 0 Å². The Bertz CT molecular complexity index is 386. The maximum Gasteiger partial charge on any atom is 0.141 e. The van der Waals surface area contributed by atoms with E-state index in [-0.39, 0.29) is 18.0 Å². The van der Waals surface area contributed by atoms with Gasteiger partial charge in [-0.1, -0.05) is 13.8 Å². The van der Waals surface area contributed by atoms with Gasteiger partial charge in [0.2, 0.25) is 0 Å². The van der Waals surface area contributed by atoms with E-state index in [1.165, 1.54) is 6.20 Å². The first-order chi connectivity index (χ1) is 8.72. The first-order valence-electron chi connectivity index (χ1n) is 6.67. The second-order valence-electron chi connectivity index (χ2n) is 4.97. The van der Waals surface area contributed by atoms with Gasteiger partial charge in [0.05, 0.1) is 18.3 Å². The molecule has 1 aliphatic heterocycles. The quantitative estimate of drug-likeness (QED) is 0.875. The summed E-state index contributed by atoms with van der Waals surface area (Å²) in [6.07, 6.45) is 5.18. The van der Waals surface area contributed by atoms with Crippen molar-refractivity contribution in [1.29, 1.82) is 0 Å². The highest BCUT2D eigenvalue weighted by molar-refractivity contribution is 5.17. The average molecular weight is 252 g/mol. The molecule has 0 aromatic carbocycles. The molecule has 1 aliphatic rings. The van der Waals surface area contributed by atoms with Gasteiger partial charge in [-0.3, -0.25) is 4.98 Å². The summed E-state index contributed by atoms with van der Waals surface area (Å²) in [6, 6.07) is 1.58. The zero-order valence-corrected chi connectivity index (χ0v) is 11.0. The smallest absolute Gasteiger partial charge is 0.141 e. The van der Waals surface area contributed by atoms with Crippen LogP contribution in [0, 0.1) is 11.7 Å². The standard InChI is InChI=1S/C14H21FN2O/c1-3-5-17-13(14-10(2)4-6-18-14)11-7-12(15)9-16-8-11/h7-10,13-14,17H,3-6H2,1-2H3. The van der Waals surface area contributed by atoms with Crippen molar-refractivity contribution < 1.29 is 9.13 Å². The number of nitrogens with one attached hydrogen (secondary N) is 1. The first kappa shape index (κ1) is 13.4. The largest absolute Gasteiger partial charge is 0.376 e. The van der Waals surface area contributed by atoms with Crippen molar-refractivity contribution in [1.82, 2.24) is 10.3 Å². The van der Waals surface area contributed by atoms with Gasteiger partial charge in [0.15, 0.2) is 0 Å². The topological polar surface area (TPSA) is 34.2 Å². The molecule has 3 nitrogen and oxygen atoms in total. The molecule has 1 N–H and O–H groups in total. The Kier molecular flexibility index (Phi) is 4.66. The second-order valence-corrected chi connectivity index (χ2v) is 4.97. The minimum atomic E-state index is -0.290. The minimum Gasteiger partial charge on any atom is -0.376 e. The van der Waals surface area contributed by atoms with E-state index in [1.807, 2.05) is 0 Å². The van der Waals surface area contributed by atoms with Crippen LogP contribution in [0.3, 0.4) is 0 Å². The van der Waals surface area contributed by atoms with E-state index < -0.39 is 0 Å². The Balaban J connectivity index is 2.18. The predicted molar refractivity (Wildman–Crippen MR) is 68.8 cm³/mol. The van der Waals surface area contributed by atoms with Gasteiger partial charge in [0.25, 0.3) is 0 Å². The van der Waals surface area contributed by atoms with Crippen LogP contribution in [-0.4, -0.2) is 24.2 Å². The van der Waals surface area contributed by atoms with Crippen LogP contribution in [0.25, 0.3) is 0 Å². The van der Waals surface area contributed by atoms with E-state index in [2.05, 4.69) is 24.1 Å². The van der Waals surface area contributed by atoms with Crippen LogP contribution in [-0.2, 0) is 4.74 Å². The number of rotatable bonds is 5. The minimum absolute atomic E-state index is 0.0330. The van der Waals surface area contributed by atoms with Crippen molar-refractivity contribution in [3.8, 4) is 0 Å². The molecule has 0 spiro atoms. The molecule has 1 saturated heterocycles. The van der Waals surface area contributed by atoms with Gasteiger partial charge in [-0.05, 0) is 36.9 Å². The molecule has 3 atom stereocenters. The molecule has 0 amide bonds. The van der Waals surface area contributed by atoms with E-state index in [0.717, 1.165) is 31.6 Å². The van der Waals surface area contributed by atoms with Crippen molar-refractivity contribution in [2.45, 2.75) is 38.8 Å². The van der Waals surface area contributed by atoms with Crippen molar-refractivity contribution in [3.63, 3.8) is 0 Å². The van der Waals surface area contributed by atoms with Gasteiger partial charge in [0.1, 0.15) is 5.82 Å². The number of nitrogens with zero attached hydrogens (tertiary/aromatic N) is 1. The molecule has 18 heavy (non-hydrogen) atoms. The van der Waals surface area contributed by atoms with E-state index in [0.29, 0.717) is 5.92 Å². The Morgan fingerprint density at radius 2 is 2.39 bits per heavy atom. The van der Waals surface area contributed by atoms with Crippen molar-refractivity contribution in [2.75, 3.05) is 13.2 Å². The lowest BCUT2D eigenvalue weighted by molar-refractivity contribution is 0.0605. The molecule has 1 fully saturated rings. The zero-order chi connectivity index (χ0) is 13.0. The summed E-state index contributed by atoms with van der Waals surface area (Å²) in [5.41, 5.74) is 0.877. The maximum absolute atomic E-state index is 13.3. The zero-order valence-electron chi connectivity index (χ0n) is 11.0. The molecule has 0 aliphatic carbocycles. The van der Waals surface area contributed by atoms with E-state index in [1.54, 1.807) is 12.3 Å². The molecular formula is C14H21FN2O. The van der Waals surface area contributed by atoms with Gasteiger partial charge in [-0.2, -0.15) is 0 Å². The van der Waals surface area contributed by atoms with Crippen LogP contribution in [0.15, 0.2) is 18.5 Å². The number of pyridine rings is 1. The summed E-state index contributed by atoms with van der Waals surface area (Å²) in [7, 11) is 0. The molecule has 3 unspecified atom stereocenters. The summed E-state index contributed by atoms with van der Waals surface area (Å²) in [4.78, 5) is 3.94. The third kappa shape index (κ3) is 3.06. The van der Waals surface area contributed by atoms with Gasteiger partial charge in [-0.15, -0.1) is 0 Å². The fraction of sp³-hybridized carbons (Fsp3) is 0.643. The lowest BCUT2D eigenvalue weighted by Crippen LogP contribution is -2.35. The molecule has 2 rings (SSSR count). The third-order valence-electron chi connectivity index (χ3n) is 3.47. The number of hydrogen-bond donors (Lipinski definition) is 1. The fourth-order valence-corrected chi connectivity index (χ4v) is 2.47. The van der Waals surface area contributed by atoms with Gasteiger partial charge in [0, 0.05) is 12.8 Å². The van der Waals surface area contributed by atoms with Crippen LogP contribution in [0.5, 0.6) is 0 Å². The summed E-state index contributed by atoms with van der Waals surface area (Å²) in [5.74, 6) is 0.198. The fourth-order valence-electron chi connectivity index (χ4n) is 2.47. The van der Waals surface area contributed by atoms with E-state index >= 15 is 0 Å². The van der Waals surface area contributed by atoms with Crippen molar-refractivity contribution in [2.24, 2.45) is 5.92 Å². The maximum atomic E-state index is 13.3. The molecule has 100 valence electrons. The van der Waals surface area contributed by atoms with Crippen molar-refractivity contribution >= 4 is 0 Å². The second kappa shape index (κ2) is 6.25. The average Bonchev–Trinajstić information content (AvgIpc) is 2.77. The monoisotopic (exact) mass is 252 g/mol. The van der Waals surface area contributed by atoms with Gasteiger partial charge >= 0.3 is 0 Å². The van der Waals surface area contributed by atoms with Crippen LogP contribution < -0.4 is 5.32 Å². The third-order valence-corrected chi connectivity index (χ3v) is 3.47. The normalized spacial score (nSPS) is 25.3. The highest BCUT2D eigenvalue weighted by atomic mass is 19.1. The molecule has 1 aromatic heterocycles. The molecule has 0 saturated carbocycles. The predicted octanol–water partition coefficient (Wildman–Crippen LogP) is 2.69. The summed E-state index contributed by atoms with van der Waals surface area (Å²) in [6.45, 7) is 5.99. The molecule has 0 radical (unpaired) electrons. The Morgan fingerprint density at radius 3 is 3.00 bits per heavy atom. The number of ether oxygens (including phenoxy) is 1. The molecular weight excluding hydrogens is 231 g/mol. The highest BCUT2D eigenvalue weighted by Crippen LogP contribution is 2.31. The summed E-state index contributed by atoms with van der Waals surface area (Å²) in [5, 5.41) is 3.45. The number of aromatic nitrogens is 1. The Labute approximate surface area is 108 Å². The highest BCUT2D eigenvalue weighted by Gasteiger charge is 2.32. The first-order valence-corrected chi connectivity index (χ1v) is 6.67. The summed E-state index contributed by atoms with van der Waals surface area (Å²) >= 11 is 0. The Hall–Kier alpha value is -1.00. The van der Waals surface area contributed by atoms with Crippen LogP contribution in [0.4, 0.5) is 4.39 Å². The van der Waals surface area contributed by atoms with Crippen LogP contribution >= 0.6 is 0 Å².